The maximum Gasteiger partial charge on any atom is 0.125 e. The lowest BCUT2D eigenvalue weighted by molar-refractivity contribution is 0.210. The smallest absolute Gasteiger partial charge is 0.125 e. The van der Waals surface area contributed by atoms with Crippen molar-refractivity contribution in [3.63, 3.8) is 0 Å². The lowest BCUT2D eigenvalue weighted by Gasteiger charge is -2.17. The molecule has 26 heavy (non-hydrogen) atoms. The second-order valence-corrected chi connectivity index (χ2v) is 6.57. The van der Waals surface area contributed by atoms with Gasteiger partial charge >= 0.3 is 0 Å². The molecule has 0 fully saturated rings. The van der Waals surface area contributed by atoms with E-state index in [1.54, 1.807) is 7.11 Å². The first-order valence-corrected chi connectivity index (χ1v) is 9.21. The molecule has 146 valence electrons. The molecule has 0 atom stereocenters. The quantitative estimate of drug-likeness (QED) is 0.240. The Bertz CT molecular complexity index is 574. The zero-order valence-corrected chi connectivity index (χ0v) is 17.2. The van der Waals surface area contributed by atoms with Crippen LogP contribution in [0.1, 0.15) is 37.8 Å². The number of rotatable bonds is 12. The highest BCUT2D eigenvalue weighted by Gasteiger charge is 2.07. The van der Waals surface area contributed by atoms with Gasteiger partial charge in [0.2, 0.25) is 0 Å². The largest absolute Gasteiger partial charge is 0.493 e. The fourth-order valence-corrected chi connectivity index (χ4v) is 2.77. The Balaban J connectivity index is 2.37. The van der Waals surface area contributed by atoms with Crippen molar-refractivity contribution in [1.29, 1.82) is 0 Å². The molecule has 0 aliphatic carbocycles. The van der Waals surface area contributed by atoms with Gasteiger partial charge in [0.05, 0.1) is 12.3 Å². The van der Waals surface area contributed by atoms with Crippen molar-refractivity contribution >= 4 is 5.71 Å². The van der Waals surface area contributed by atoms with Crippen LogP contribution in [0.15, 0.2) is 29.4 Å². The van der Waals surface area contributed by atoms with E-state index >= 15 is 0 Å². The van der Waals surface area contributed by atoms with E-state index in [0.29, 0.717) is 6.61 Å². The molecule has 0 spiro atoms. The summed E-state index contributed by atoms with van der Waals surface area (Å²) in [6.45, 7) is 11.2. The van der Waals surface area contributed by atoms with Crippen LogP contribution in [0.3, 0.4) is 0 Å². The molecule has 0 bridgehead atoms. The normalized spacial score (nSPS) is 12.0. The van der Waals surface area contributed by atoms with E-state index in [1.165, 1.54) is 0 Å². The fourth-order valence-electron chi connectivity index (χ4n) is 2.77. The number of benzene rings is 1. The molecule has 0 N–H and O–H groups in total. The molecule has 5 nitrogen and oxygen atoms in total. The molecule has 0 saturated heterocycles. The number of allylic oxidation sites excluding steroid dienone is 1. The minimum atomic E-state index is 0.595. The summed E-state index contributed by atoms with van der Waals surface area (Å²) in [5, 5.41) is 3.93. The van der Waals surface area contributed by atoms with Crippen LogP contribution in [0.2, 0.25) is 0 Å². The standard InChI is InChI=1S/C21H34N2O3/c1-7-8-12-25-20-14-17(2)21(18(3)15-20)26-13-10-9-11-23(5)16-19(4)22-24-6/h7-8,14-15H,9-13,16H2,1-6H3/b8-7+,22-19?. The van der Waals surface area contributed by atoms with Crippen LogP contribution >= 0.6 is 0 Å². The topological polar surface area (TPSA) is 43.3 Å². The number of nitrogens with zero attached hydrogens (tertiary/aromatic N) is 2. The van der Waals surface area contributed by atoms with Crippen LogP contribution in [0.4, 0.5) is 0 Å². The molecule has 0 aromatic heterocycles. The van der Waals surface area contributed by atoms with E-state index in [0.717, 1.165) is 60.9 Å². The summed E-state index contributed by atoms with van der Waals surface area (Å²) in [5.74, 6) is 1.86. The van der Waals surface area contributed by atoms with Gasteiger partial charge in [0.25, 0.3) is 0 Å². The van der Waals surface area contributed by atoms with Gasteiger partial charge in [-0.3, -0.25) is 0 Å². The van der Waals surface area contributed by atoms with Crippen molar-refractivity contribution in [2.45, 2.75) is 40.5 Å². The monoisotopic (exact) mass is 362 g/mol. The minimum Gasteiger partial charge on any atom is -0.493 e. The van der Waals surface area contributed by atoms with Gasteiger partial charge in [-0.1, -0.05) is 17.3 Å². The van der Waals surface area contributed by atoms with Crippen molar-refractivity contribution in [3.05, 3.63) is 35.4 Å². The van der Waals surface area contributed by atoms with Crippen LogP contribution in [0.25, 0.3) is 0 Å². The summed E-state index contributed by atoms with van der Waals surface area (Å²) in [6.07, 6.45) is 6.08. The van der Waals surface area contributed by atoms with E-state index < -0.39 is 0 Å². The molecular formula is C21H34N2O3. The Labute approximate surface area is 158 Å². The molecule has 0 aliphatic heterocycles. The van der Waals surface area contributed by atoms with Gasteiger partial charge in [0.15, 0.2) is 0 Å². The predicted molar refractivity (Wildman–Crippen MR) is 109 cm³/mol. The number of ether oxygens (including phenoxy) is 2. The zero-order chi connectivity index (χ0) is 19.4. The molecule has 1 aromatic rings. The molecular weight excluding hydrogens is 328 g/mol. The van der Waals surface area contributed by atoms with Crippen molar-refractivity contribution in [2.24, 2.45) is 5.16 Å². The third-order valence-corrected chi connectivity index (χ3v) is 3.94. The van der Waals surface area contributed by atoms with Crippen molar-refractivity contribution < 1.29 is 14.3 Å². The zero-order valence-electron chi connectivity index (χ0n) is 17.2. The molecule has 1 rings (SSSR count). The highest BCUT2D eigenvalue weighted by atomic mass is 16.6. The third-order valence-electron chi connectivity index (χ3n) is 3.94. The van der Waals surface area contributed by atoms with Gasteiger partial charge in [-0.25, -0.2) is 0 Å². The maximum absolute atomic E-state index is 6.02. The summed E-state index contributed by atoms with van der Waals surface area (Å²) in [7, 11) is 3.67. The number of aryl methyl sites for hydroxylation is 2. The first kappa shape index (κ1) is 22.0. The number of unbranched alkanes of at least 4 members (excludes halogenated alkanes) is 1. The van der Waals surface area contributed by atoms with Gasteiger partial charge in [-0.05, 0) is 77.4 Å². The Morgan fingerprint density at radius 1 is 1.15 bits per heavy atom. The fraction of sp³-hybridized carbons (Fsp3) is 0.571. The number of hydrogen-bond acceptors (Lipinski definition) is 5. The van der Waals surface area contributed by atoms with E-state index in [2.05, 4.69) is 31.0 Å². The Morgan fingerprint density at radius 3 is 2.46 bits per heavy atom. The molecule has 0 saturated carbocycles. The molecule has 0 unspecified atom stereocenters. The number of hydrogen-bond donors (Lipinski definition) is 0. The summed E-state index contributed by atoms with van der Waals surface area (Å²) >= 11 is 0. The highest BCUT2D eigenvalue weighted by Crippen LogP contribution is 2.28. The first-order valence-electron chi connectivity index (χ1n) is 9.21. The molecule has 0 radical (unpaired) electrons. The summed E-state index contributed by atoms with van der Waals surface area (Å²) in [4.78, 5) is 7.02. The van der Waals surface area contributed by atoms with Crippen LogP contribution in [0, 0.1) is 13.8 Å². The Kier molecular flexibility index (Phi) is 10.5. The van der Waals surface area contributed by atoms with Crippen molar-refractivity contribution in [3.8, 4) is 11.5 Å². The third kappa shape index (κ3) is 8.39. The van der Waals surface area contributed by atoms with Crippen molar-refractivity contribution in [2.75, 3.05) is 40.5 Å². The molecule has 0 aliphatic rings. The van der Waals surface area contributed by atoms with Crippen LogP contribution in [0.5, 0.6) is 11.5 Å². The van der Waals surface area contributed by atoms with Gasteiger partial charge in [0.1, 0.15) is 25.2 Å². The molecule has 1 aromatic carbocycles. The maximum atomic E-state index is 6.02. The average Bonchev–Trinajstić information content (AvgIpc) is 2.57. The first-order chi connectivity index (χ1) is 12.5. The molecule has 5 heteroatoms. The summed E-state index contributed by atoms with van der Waals surface area (Å²) in [6, 6.07) is 4.08. The van der Waals surface area contributed by atoms with Crippen LogP contribution in [-0.2, 0) is 4.84 Å². The lowest BCUT2D eigenvalue weighted by atomic mass is 10.1. The van der Waals surface area contributed by atoms with Crippen LogP contribution in [-0.4, -0.2) is 51.1 Å². The lowest BCUT2D eigenvalue weighted by Crippen LogP contribution is -2.26. The van der Waals surface area contributed by atoms with E-state index in [4.69, 9.17) is 14.3 Å². The Hall–Kier alpha value is -2.01. The van der Waals surface area contributed by atoms with Gasteiger partial charge in [-0.15, -0.1) is 0 Å². The van der Waals surface area contributed by atoms with E-state index in [9.17, 15) is 0 Å². The molecule has 0 heterocycles. The second kappa shape index (κ2) is 12.4. The van der Waals surface area contributed by atoms with Gasteiger partial charge in [-0.2, -0.15) is 0 Å². The van der Waals surface area contributed by atoms with Gasteiger partial charge in [0, 0.05) is 6.54 Å². The van der Waals surface area contributed by atoms with Crippen LogP contribution < -0.4 is 9.47 Å². The minimum absolute atomic E-state index is 0.595. The highest BCUT2D eigenvalue weighted by molar-refractivity contribution is 5.83. The Morgan fingerprint density at radius 2 is 1.85 bits per heavy atom. The molecule has 0 amide bonds. The average molecular weight is 363 g/mol. The number of oxime groups is 1. The predicted octanol–water partition coefficient (Wildman–Crippen LogP) is 4.37. The summed E-state index contributed by atoms with van der Waals surface area (Å²) < 4.78 is 11.7. The van der Waals surface area contributed by atoms with Gasteiger partial charge < -0.3 is 19.2 Å². The van der Waals surface area contributed by atoms with E-state index in [-0.39, 0.29) is 0 Å². The van der Waals surface area contributed by atoms with Crippen molar-refractivity contribution in [1.82, 2.24) is 4.90 Å². The SMILES string of the molecule is C/C=C/COc1cc(C)c(OCCCCN(C)CC(C)=NOC)c(C)c1. The second-order valence-electron chi connectivity index (χ2n) is 6.57. The summed E-state index contributed by atoms with van der Waals surface area (Å²) in [5.41, 5.74) is 3.21. The van der Waals surface area contributed by atoms with E-state index in [1.807, 2.05) is 38.1 Å².